The van der Waals surface area contributed by atoms with Crippen molar-refractivity contribution in [1.82, 2.24) is 5.32 Å². The first-order chi connectivity index (χ1) is 5.83. The molecule has 1 N–H and O–H groups in total. The summed E-state index contributed by atoms with van der Waals surface area (Å²) in [5.74, 6) is 2.00. The molecule has 0 bridgehead atoms. The molecule has 1 aliphatic carbocycles. The molecule has 0 aromatic carbocycles. The van der Waals surface area contributed by atoms with Gasteiger partial charge in [-0.3, -0.25) is 0 Å². The van der Waals surface area contributed by atoms with Gasteiger partial charge < -0.3 is 5.32 Å². The summed E-state index contributed by atoms with van der Waals surface area (Å²) in [6.45, 7) is 3.46. The van der Waals surface area contributed by atoms with Gasteiger partial charge in [-0.25, -0.2) is 0 Å². The summed E-state index contributed by atoms with van der Waals surface area (Å²) in [5.41, 5.74) is 0. The lowest BCUT2D eigenvalue weighted by atomic mass is 9.65. The van der Waals surface area contributed by atoms with Gasteiger partial charge in [-0.15, -0.1) is 0 Å². The highest BCUT2D eigenvalue weighted by Gasteiger charge is 2.41. The van der Waals surface area contributed by atoms with Gasteiger partial charge in [0.05, 0.1) is 0 Å². The average molecular weight is 185 g/mol. The molecule has 2 fully saturated rings. The van der Waals surface area contributed by atoms with Crippen LogP contribution in [-0.4, -0.2) is 17.8 Å². The number of hydrogen-bond acceptors (Lipinski definition) is 2. The number of fused-ring (bicyclic) bond motifs is 1. The second kappa shape index (κ2) is 3.59. The van der Waals surface area contributed by atoms with Crippen LogP contribution in [0.1, 0.15) is 32.6 Å². The monoisotopic (exact) mass is 185 g/mol. The molecule has 2 aliphatic rings. The molecule has 12 heavy (non-hydrogen) atoms. The van der Waals surface area contributed by atoms with E-state index < -0.39 is 0 Å². The Hall–Kier alpha value is 0.310. The summed E-state index contributed by atoms with van der Waals surface area (Å²) in [4.78, 5) is 0. The fourth-order valence-electron chi connectivity index (χ4n) is 2.69. The van der Waals surface area contributed by atoms with E-state index in [4.69, 9.17) is 0 Å². The second-order valence-electron chi connectivity index (χ2n) is 4.25. The lowest BCUT2D eigenvalue weighted by Crippen LogP contribution is -2.54. The number of nitrogens with one attached hydrogen (secondary N) is 1. The van der Waals surface area contributed by atoms with Gasteiger partial charge >= 0.3 is 0 Å². The SMILES string of the molecule is CCC(S)C1NCCC2CCC21. The Labute approximate surface area is 80.7 Å². The van der Waals surface area contributed by atoms with Crippen LogP contribution in [0.4, 0.5) is 0 Å². The Morgan fingerprint density at radius 1 is 1.42 bits per heavy atom. The summed E-state index contributed by atoms with van der Waals surface area (Å²) in [6.07, 6.45) is 5.53. The average Bonchev–Trinajstić information content (AvgIpc) is 2.05. The van der Waals surface area contributed by atoms with E-state index in [1.807, 2.05) is 0 Å². The second-order valence-corrected chi connectivity index (χ2v) is 4.91. The maximum atomic E-state index is 4.64. The lowest BCUT2D eigenvalue weighted by Gasteiger charge is -2.48. The van der Waals surface area contributed by atoms with Gasteiger partial charge in [-0.1, -0.05) is 6.92 Å². The predicted molar refractivity (Wildman–Crippen MR) is 55.7 cm³/mol. The van der Waals surface area contributed by atoms with Crippen molar-refractivity contribution in [2.45, 2.75) is 43.9 Å². The van der Waals surface area contributed by atoms with Crippen molar-refractivity contribution in [3.05, 3.63) is 0 Å². The Morgan fingerprint density at radius 2 is 2.25 bits per heavy atom. The highest BCUT2D eigenvalue weighted by molar-refractivity contribution is 7.81. The minimum atomic E-state index is 0.582. The molecule has 70 valence electrons. The van der Waals surface area contributed by atoms with E-state index in [0.29, 0.717) is 11.3 Å². The molecule has 0 spiro atoms. The van der Waals surface area contributed by atoms with Crippen molar-refractivity contribution in [3.63, 3.8) is 0 Å². The molecule has 0 aromatic rings. The molecule has 1 aliphatic heterocycles. The number of hydrogen-bond donors (Lipinski definition) is 2. The van der Waals surface area contributed by atoms with Gasteiger partial charge in [0.1, 0.15) is 0 Å². The molecule has 1 nitrogen and oxygen atoms in total. The van der Waals surface area contributed by atoms with Crippen LogP contribution in [0.25, 0.3) is 0 Å². The van der Waals surface area contributed by atoms with E-state index >= 15 is 0 Å². The van der Waals surface area contributed by atoms with Gasteiger partial charge in [0.25, 0.3) is 0 Å². The molecule has 2 heteroatoms. The molecule has 1 saturated heterocycles. The molecule has 1 saturated carbocycles. The lowest BCUT2D eigenvalue weighted by molar-refractivity contribution is 0.0799. The molecular weight excluding hydrogens is 166 g/mol. The van der Waals surface area contributed by atoms with Crippen molar-refractivity contribution in [2.75, 3.05) is 6.54 Å². The van der Waals surface area contributed by atoms with Crippen LogP contribution in [0.2, 0.25) is 0 Å². The summed E-state index contributed by atoms with van der Waals surface area (Å²) < 4.78 is 0. The Bertz CT molecular complexity index is 160. The summed E-state index contributed by atoms with van der Waals surface area (Å²) in [6, 6.07) is 0.714. The van der Waals surface area contributed by atoms with E-state index in [1.54, 1.807) is 0 Å². The Kier molecular flexibility index (Phi) is 2.66. The van der Waals surface area contributed by atoms with Gasteiger partial charge in [0, 0.05) is 11.3 Å². The third-order valence-electron chi connectivity index (χ3n) is 3.67. The zero-order valence-corrected chi connectivity index (χ0v) is 8.69. The predicted octanol–water partition coefficient (Wildman–Crippen LogP) is 2.08. The van der Waals surface area contributed by atoms with Crippen molar-refractivity contribution in [2.24, 2.45) is 11.8 Å². The standard InChI is InChI=1S/C10H19NS/c1-2-9(12)10-8-4-3-7(8)5-6-11-10/h7-12H,2-6H2,1H3. The first kappa shape index (κ1) is 8.89. The highest BCUT2D eigenvalue weighted by atomic mass is 32.1. The van der Waals surface area contributed by atoms with Crippen molar-refractivity contribution < 1.29 is 0 Å². The number of piperidine rings is 1. The number of thiol groups is 1. The minimum absolute atomic E-state index is 0.582. The van der Waals surface area contributed by atoms with Gasteiger partial charge in [-0.05, 0) is 44.1 Å². The maximum absolute atomic E-state index is 4.64. The van der Waals surface area contributed by atoms with Crippen LogP contribution >= 0.6 is 12.6 Å². The van der Waals surface area contributed by atoms with E-state index in [1.165, 1.54) is 32.2 Å². The smallest absolute Gasteiger partial charge is 0.0214 e. The van der Waals surface area contributed by atoms with Crippen molar-refractivity contribution >= 4 is 12.6 Å². The van der Waals surface area contributed by atoms with E-state index in [0.717, 1.165) is 11.8 Å². The maximum Gasteiger partial charge on any atom is 0.0214 e. The fraction of sp³-hybridized carbons (Fsp3) is 1.00. The molecule has 0 radical (unpaired) electrons. The largest absolute Gasteiger partial charge is 0.313 e. The van der Waals surface area contributed by atoms with E-state index in [2.05, 4.69) is 24.9 Å². The molecule has 2 rings (SSSR count). The van der Waals surface area contributed by atoms with Gasteiger partial charge in [0.15, 0.2) is 0 Å². The van der Waals surface area contributed by atoms with Crippen LogP contribution in [0.3, 0.4) is 0 Å². The van der Waals surface area contributed by atoms with Crippen molar-refractivity contribution in [3.8, 4) is 0 Å². The molecule has 4 unspecified atom stereocenters. The molecular formula is C10H19NS. The third-order valence-corrected chi connectivity index (χ3v) is 4.35. The summed E-state index contributed by atoms with van der Waals surface area (Å²) >= 11 is 4.64. The number of rotatable bonds is 2. The third kappa shape index (κ3) is 1.39. The quantitative estimate of drug-likeness (QED) is 0.628. The normalized spacial score (nSPS) is 43.0. The Balaban J connectivity index is 1.95. The topological polar surface area (TPSA) is 12.0 Å². The fourth-order valence-corrected chi connectivity index (χ4v) is 3.01. The molecule has 0 aromatic heterocycles. The van der Waals surface area contributed by atoms with Crippen LogP contribution in [0.15, 0.2) is 0 Å². The molecule has 1 heterocycles. The first-order valence-electron chi connectivity index (χ1n) is 5.24. The minimum Gasteiger partial charge on any atom is -0.313 e. The Morgan fingerprint density at radius 3 is 2.83 bits per heavy atom. The molecule has 4 atom stereocenters. The van der Waals surface area contributed by atoms with E-state index in [9.17, 15) is 0 Å². The highest BCUT2D eigenvalue weighted by Crippen LogP contribution is 2.43. The zero-order valence-electron chi connectivity index (χ0n) is 7.79. The van der Waals surface area contributed by atoms with Crippen LogP contribution < -0.4 is 5.32 Å². The van der Waals surface area contributed by atoms with Gasteiger partial charge in [0.2, 0.25) is 0 Å². The molecule has 0 amide bonds. The van der Waals surface area contributed by atoms with Gasteiger partial charge in [-0.2, -0.15) is 12.6 Å². The van der Waals surface area contributed by atoms with E-state index in [-0.39, 0.29) is 0 Å². The van der Waals surface area contributed by atoms with Crippen LogP contribution in [0, 0.1) is 11.8 Å². The van der Waals surface area contributed by atoms with Crippen molar-refractivity contribution in [1.29, 1.82) is 0 Å². The van der Waals surface area contributed by atoms with Crippen LogP contribution in [-0.2, 0) is 0 Å². The first-order valence-corrected chi connectivity index (χ1v) is 5.76. The summed E-state index contributed by atoms with van der Waals surface area (Å²) in [5, 5.41) is 4.21. The van der Waals surface area contributed by atoms with Crippen LogP contribution in [0.5, 0.6) is 0 Å². The zero-order chi connectivity index (χ0) is 8.55. The summed E-state index contributed by atoms with van der Waals surface area (Å²) in [7, 11) is 0.